The third-order valence-corrected chi connectivity index (χ3v) is 2.66. The van der Waals surface area contributed by atoms with Crippen molar-refractivity contribution in [2.45, 2.75) is 12.8 Å². The molecule has 84 valence electrons. The third-order valence-electron chi connectivity index (χ3n) is 1.98. The molecular formula is C11H9Cl2NO2. The highest BCUT2D eigenvalue weighted by Crippen LogP contribution is 2.25. The maximum atomic E-state index is 11.5. The van der Waals surface area contributed by atoms with Crippen molar-refractivity contribution in [3.8, 4) is 6.07 Å². The van der Waals surface area contributed by atoms with Crippen molar-refractivity contribution in [1.82, 2.24) is 0 Å². The van der Waals surface area contributed by atoms with Gasteiger partial charge >= 0.3 is 5.97 Å². The Morgan fingerprint density at radius 3 is 2.75 bits per heavy atom. The van der Waals surface area contributed by atoms with Crippen LogP contribution in [0.1, 0.15) is 28.4 Å². The molecule has 0 spiro atoms. The Balaban J connectivity index is 3.25. The Labute approximate surface area is 104 Å². The van der Waals surface area contributed by atoms with Crippen molar-refractivity contribution >= 4 is 29.2 Å². The van der Waals surface area contributed by atoms with Gasteiger partial charge in [0.05, 0.1) is 22.8 Å². The Morgan fingerprint density at radius 2 is 2.25 bits per heavy atom. The Bertz CT molecular complexity index is 452. The molecule has 0 aliphatic heterocycles. The molecule has 0 N–H and O–H groups in total. The lowest BCUT2D eigenvalue weighted by molar-refractivity contribution is 0.0526. The summed E-state index contributed by atoms with van der Waals surface area (Å²) in [6.45, 7) is 1.96. The van der Waals surface area contributed by atoms with Crippen molar-refractivity contribution < 1.29 is 9.53 Å². The number of hydrogen-bond acceptors (Lipinski definition) is 3. The highest BCUT2D eigenvalue weighted by molar-refractivity contribution is 6.35. The number of rotatable bonds is 3. The van der Waals surface area contributed by atoms with E-state index >= 15 is 0 Å². The Morgan fingerprint density at radius 1 is 1.56 bits per heavy atom. The van der Waals surface area contributed by atoms with Gasteiger partial charge in [-0.3, -0.25) is 0 Å². The zero-order valence-electron chi connectivity index (χ0n) is 8.59. The molecule has 0 aliphatic carbocycles. The molecule has 5 heteroatoms. The molecule has 1 rings (SSSR count). The van der Waals surface area contributed by atoms with Crippen molar-refractivity contribution in [3.63, 3.8) is 0 Å². The number of carbonyl (C=O) groups excluding carboxylic acids is 1. The highest BCUT2D eigenvalue weighted by Gasteiger charge is 2.17. The van der Waals surface area contributed by atoms with Gasteiger partial charge in [0.25, 0.3) is 0 Å². The van der Waals surface area contributed by atoms with E-state index < -0.39 is 5.97 Å². The normalized spacial score (nSPS) is 9.62. The molecule has 0 saturated carbocycles. The summed E-state index contributed by atoms with van der Waals surface area (Å²) in [7, 11) is 0. The first-order valence-electron chi connectivity index (χ1n) is 4.60. The van der Waals surface area contributed by atoms with Crippen LogP contribution in [0.25, 0.3) is 0 Å². The SMILES string of the molecule is CCOC(=O)c1ccc(CCl)c(C#N)c1Cl. The zero-order valence-corrected chi connectivity index (χ0v) is 10.1. The van der Waals surface area contributed by atoms with E-state index in [1.54, 1.807) is 13.0 Å². The lowest BCUT2D eigenvalue weighted by Gasteiger charge is -2.07. The van der Waals surface area contributed by atoms with E-state index in [4.69, 9.17) is 33.2 Å². The van der Waals surface area contributed by atoms with Crippen LogP contribution in [0.5, 0.6) is 0 Å². The van der Waals surface area contributed by atoms with Crippen LogP contribution < -0.4 is 0 Å². The Kier molecular flexibility index (Phi) is 4.60. The number of nitrogens with zero attached hydrogens (tertiary/aromatic N) is 1. The average Bonchev–Trinajstić information content (AvgIpc) is 2.28. The molecule has 1 aromatic rings. The van der Waals surface area contributed by atoms with Crippen LogP contribution in [0.2, 0.25) is 5.02 Å². The van der Waals surface area contributed by atoms with Gasteiger partial charge in [-0.2, -0.15) is 5.26 Å². The van der Waals surface area contributed by atoms with Gasteiger partial charge in [-0.15, -0.1) is 11.6 Å². The smallest absolute Gasteiger partial charge is 0.339 e. The van der Waals surface area contributed by atoms with Gasteiger partial charge in [-0.1, -0.05) is 17.7 Å². The summed E-state index contributed by atoms with van der Waals surface area (Å²) in [4.78, 5) is 11.5. The fraction of sp³-hybridized carbons (Fsp3) is 0.273. The molecule has 0 heterocycles. The second-order valence-corrected chi connectivity index (χ2v) is 3.57. The highest BCUT2D eigenvalue weighted by atomic mass is 35.5. The minimum Gasteiger partial charge on any atom is -0.462 e. The molecule has 0 aromatic heterocycles. The topological polar surface area (TPSA) is 50.1 Å². The van der Waals surface area contributed by atoms with Crippen LogP contribution in [-0.2, 0) is 10.6 Å². The van der Waals surface area contributed by atoms with Gasteiger partial charge in [0.1, 0.15) is 6.07 Å². The first kappa shape index (κ1) is 12.8. The van der Waals surface area contributed by atoms with Crippen molar-refractivity contribution in [2.24, 2.45) is 0 Å². The van der Waals surface area contributed by atoms with Crippen LogP contribution in [0.15, 0.2) is 12.1 Å². The first-order valence-corrected chi connectivity index (χ1v) is 5.51. The number of halogens is 2. The summed E-state index contributed by atoms with van der Waals surface area (Å²) in [5.74, 6) is -0.365. The molecular weight excluding hydrogens is 249 g/mol. The van der Waals surface area contributed by atoms with Gasteiger partial charge < -0.3 is 4.74 Å². The number of ether oxygens (including phenoxy) is 1. The minimum atomic E-state index is -0.537. The number of alkyl halides is 1. The summed E-state index contributed by atoms with van der Waals surface area (Å²) >= 11 is 11.6. The lowest BCUT2D eigenvalue weighted by Crippen LogP contribution is -2.07. The van der Waals surface area contributed by atoms with E-state index in [0.717, 1.165) is 0 Å². The fourth-order valence-corrected chi connectivity index (χ4v) is 1.74. The van der Waals surface area contributed by atoms with Crippen LogP contribution in [0, 0.1) is 11.3 Å². The second kappa shape index (κ2) is 5.74. The number of hydrogen-bond donors (Lipinski definition) is 0. The van der Waals surface area contributed by atoms with E-state index in [2.05, 4.69) is 0 Å². The van der Waals surface area contributed by atoms with Crippen molar-refractivity contribution in [3.05, 3.63) is 33.8 Å². The molecule has 0 radical (unpaired) electrons. The molecule has 0 aliphatic rings. The lowest BCUT2D eigenvalue weighted by atomic mass is 10.1. The molecule has 16 heavy (non-hydrogen) atoms. The molecule has 0 fully saturated rings. The minimum absolute atomic E-state index is 0.0964. The molecule has 3 nitrogen and oxygen atoms in total. The van der Waals surface area contributed by atoms with E-state index in [-0.39, 0.29) is 28.6 Å². The summed E-state index contributed by atoms with van der Waals surface area (Å²) in [6.07, 6.45) is 0. The number of nitriles is 1. The molecule has 1 aromatic carbocycles. The predicted octanol–water partition coefficient (Wildman–Crippen LogP) is 3.13. The maximum absolute atomic E-state index is 11.5. The second-order valence-electron chi connectivity index (χ2n) is 2.93. The van der Waals surface area contributed by atoms with Crippen molar-refractivity contribution in [2.75, 3.05) is 6.61 Å². The van der Waals surface area contributed by atoms with Crippen molar-refractivity contribution in [1.29, 1.82) is 5.26 Å². The maximum Gasteiger partial charge on any atom is 0.339 e. The van der Waals surface area contributed by atoms with Gasteiger partial charge in [0.2, 0.25) is 0 Å². The molecule has 0 unspecified atom stereocenters. The van der Waals surface area contributed by atoms with E-state index in [9.17, 15) is 4.79 Å². The zero-order chi connectivity index (χ0) is 12.1. The molecule has 0 atom stereocenters. The fourth-order valence-electron chi connectivity index (χ4n) is 1.21. The van der Waals surface area contributed by atoms with Gasteiger partial charge in [-0.25, -0.2) is 4.79 Å². The van der Waals surface area contributed by atoms with E-state index in [1.165, 1.54) is 6.07 Å². The van der Waals surface area contributed by atoms with Crippen LogP contribution in [0.4, 0.5) is 0 Å². The quantitative estimate of drug-likeness (QED) is 0.618. The predicted molar refractivity (Wildman–Crippen MR) is 61.7 cm³/mol. The first-order chi connectivity index (χ1) is 7.65. The standard InChI is InChI=1S/C11H9Cl2NO2/c1-2-16-11(15)8-4-3-7(5-12)9(6-14)10(8)13/h3-4H,2,5H2,1H3. The van der Waals surface area contributed by atoms with Crippen LogP contribution >= 0.6 is 23.2 Å². The van der Waals surface area contributed by atoms with Gasteiger partial charge in [0.15, 0.2) is 0 Å². The summed E-state index contributed by atoms with van der Waals surface area (Å²) in [6, 6.07) is 5.04. The summed E-state index contributed by atoms with van der Waals surface area (Å²) in [5, 5.41) is 9.02. The largest absolute Gasteiger partial charge is 0.462 e. The molecule has 0 amide bonds. The number of carbonyl (C=O) groups is 1. The summed E-state index contributed by atoms with van der Waals surface area (Å²) < 4.78 is 4.82. The monoisotopic (exact) mass is 257 g/mol. The third kappa shape index (κ3) is 2.46. The number of benzene rings is 1. The van der Waals surface area contributed by atoms with E-state index in [0.29, 0.717) is 5.56 Å². The average molecular weight is 258 g/mol. The number of esters is 1. The van der Waals surface area contributed by atoms with Crippen LogP contribution in [0.3, 0.4) is 0 Å². The van der Waals surface area contributed by atoms with Gasteiger partial charge in [0, 0.05) is 5.88 Å². The Hall–Kier alpha value is -1.24. The molecule has 0 saturated heterocycles. The van der Waals surface area contributed by atoms with Crippen LogP contribution in [-0.4, -0.2) is 12.6 Å². The van der Waals surface area contributed by atoms with Gasteiger partial charge in [-0.05, 0) is 18.6 Å². The van der Waals surface area contributed by atoms with E-state index in [1.807, 2.05) is 6.07 Å². The summed E-state index contributed by atoms with van der Waals surface area (Å²) in [5.41, 5.74) is 1.01. The molecule has 0 bridgehead atoms.